The Labute approximate surface area is 594 Å². The van der Waals surface area contributed by atoms with Crippen molar-refractivity contribution in [3.05, 3.63) is 0 Å². The van der Waals surface area contributed by atoms with Crippen LogP contribution in [0.5, 0.6) is 0 Å². The molecular formula is C78H152O17P2. The summed E-state index contributed by atoms with van der Waals surface area (Å²) in [7, 11) is -9.91. The molecule has 2 unspecified atom stereocenters. The molecule has 3 N–H and O–H groups in total. The average molecular weight is 1420 g/mol. The van der Waals surface area contributed by atoms with Crippen molar-refractivity contribution < 1.29 is 80.2 Å². The summed E-state index contributed by atoms with van der Waals surface area (Å²) in [4.78, 5) is 72.9. The van der Waals surface area contributed by atoms with Gasteiger partial charge >= 0.3 is 39.5 Å². The van der Waals surface area contributed by atoms with Gasteiger partial charge in [0.05, 0.1) is 26.4 Å². The van der Waals surface area contributed by atoms with E-state index in [9.17, 15) is 43.2 Å². The summed E-state index contributed by atoms with van der Waals surface area (Å²) in [6.45, 7) is 11.9. The van der Waals surface area contributed by atoms with Crippen molar-refractivity contribution in [2.24, 2.45) is 17.8 Å². The van der Waals surface area contributed by atoms with Gasteiger partial charge in [-0.3, -0.25) is 37.3 Å². The smallest absolute Gasteiger partial charge is 0.462 e. The van der Waals surface area contributed by atoms with Crippen LogP contribution in [-0.2, 0) is 65.4 Å². The number of rotatable bonds is 76. The van der Waals surface area contributed by atoms with Crippen molar-refractivity contribution in [1.82, 2.24) is 0 Å². The molecule has 0 spiro atoms. The van der Waals surface area contributed by atoms with Crippen molar-refractivity contribution >= 4 is 39.5 Å². The first-order chi connectivity index (χ1) is 46.7. The number of hydrogen-bond acceptors (Lipinski definition) is 15. The number of carbonyl (C=O) groups is 4. The van der Waals surface area contributed by atoms with E-state index in [1.165, 1.54) is 212 Å². The summed E-state index contributed by atoms with van der Waals surface area (Å²) in [5.74, 6) is 0.130. The predicted molar refractivity (Wildman–Crippen MR) is 395 cm³/mol. The number of hydrogen-bond donors (Lipinski definition) is 3. The minimum absolute atomic E-state index is 0.104. The lowest BCUT2D eigenvalue weighted by Gasteiger charge is -2.21. The highest BCUT2D eigenvalue weighted by Crippen LogP contribution is 2.45. The van der Waals surface area contributed by atoms with Crippen molar-refractivity contribution in [3.8, 4) is 0 Å². The fraction of sp³-hybridized carbons (Fsp3) is 0.949. The number of ether oxygens (including phenoxy) is 4. The topological polar surface area (TPSA) is 237 Å². The molecule has 0 bridgehead atoms. The van der Waals surface area contributed by atoms with Crippen LogP contribution in [0, 0.1) is 17.8 Å². The molecule has 0 aliphatic rings. The first-order valence-corrected chi connectivity index (χ1v) is 43.3. The Hall–Kier alpha value is -1.94. The highest BCUT2D eigenvalue weighted by atomic mass is 31.2. The van der Waals surface area contributed by atoms with Gasteiger partial charge in [0.25, 0.3) is 0 Å². The second kappa shape index (κ2) is 68.5. The maximum absolute atomic E-state index is 13.1. The maximum Gasteiger partial charge on any atom is 0.472 e. The molecule has 0 saturated carbocycles. The van der Waals surface area contributed by atoms with Crippen molar-refractivity contribution in [2.75, 3.05) is 39.6 Å². The molecule has 0 aliphatic heterocycles. The monoisotopic (exact) mass is 1420 g/mol. The van der Waals surface area contributed by atoms with E-state index < -0.39 is 97.5 Å². The minimum atomic E-state index is -4.96. The van der Waals surface area contributed by atoms with Gasteiger partial charge in [-0.2, -0.15) is 0 Å². The van der Waals surface area contributed by atoms with E-state index in [1.807, 2.05) is 0 Å². The highest BCUT2D eigenvalue weighted by molar-refractivity contribution is 7.47. The third-order valence-electron chi connectivity index (χ3n) is 18.1. The molecule has 5 atom stereocenters. The third-order valence-corrected chi connectivity index (χ3v) is 20.0. The standard InChI is InChI=1S/C78H152O17P2/c1-8-9-10-11-12-13-14-15-16-17-20-23-26-29-38-45-52-59-75(80)88-65-73(94-77(82)61-54-47-40-30-27-24-21-18-19-22-25-28-35-42-49-56-69(2)3)67-92-96(84,85)90-63-72(79)64-91-97(86,87)93-68-74(95-78(83)62-55-48-41-34-32-37-44-51-58-71(6)7)66-89-76(81)60-53-46-39-33-31-36-43-50-57-70(4)5/h69-74,79H,8-68H2,1-7H3,(H,84,85)(H,86,87)/t72-,73-,74-/m1/s1. The normalized spacial score (nSPS) is 14.0. The number of esters is 4. The van der Waals surface area contributed by atoms with Gasteiger partial charge in [-0.1, -0.05) is 350 Å². The lowest BCUT2D eigenvalue weighted by atomic mass is 10.0. The van der Waals surface area contributed by atoms with E-state index in [1.54, 1.807) is 0 Å². The van der Waals surface area contributed by atoms with Gasteiger partial charge in [0, 0.05) is 25.7 Å². The molecule has 0 radical (unpaired) electrons. The van der Waals surface area contributed by atoms with Crippen molar-refractivity contribution in [3.63, 3.8) is 0 Å². The first kappa shape index (κ1) is 95.1. The Morgan fingerprint density at radius 2 is 0.474 bits per heavy atom. The lowest BCUT2D eigenvalue weighted by molar-refractivity contribution is -0.161. The fourth-order valence-electron chi connectivity index (χ4n) is 12.0. The minimum Gasteiger partial charge on any atom is -0.462 e. The summed E-state index contributed by atoms with van der Waals surface area (Å²) in [5.41, 5.74) is 0. The van der Waals surface area contributed by atoms with Crippen LogP contribution in [0.4, 0.5) is 0 Å². The van der Waals surface area contributed by atoms with Crippen LogP contribution in [0.25, 0.3) is 0 Å². The van der Waals surface area contributed by atoms with Gasteiger partial charge in [0.2, 0.25) is 0 Å². The number of unbranched alkanes of at least 4 members (excludes halogenated alkanes) is 44. The maximum atomic E-state index is 13.1. The second-order valence-corrected chi connectivity index (χ2v) is 32.4. The molecular weight excluding hydrogens is 1270 g/mol. The molecule has 0 fully saturated rings. The largest absolute Gasteiger partial charge is 0.472 e. The highest BCUT2D eigenvalue weighted by Gasteiger charge is 2.30. The molecule has 0 aliphatic carbocycles. The van der Waals surface area contributed by atoms with Crippen molar-refractivity contribution in [1.29, 1.82) is 0 Å². The number of phosphoric acid groups is 2. The Bertz CT molecular complexity index is 1890. The van der Waals surface area contributed by atoms with E-state index in [4.69, 9.17) is 37.0 Å². The Balaban J connectivity index is 5.24. The predicted octanol–water partition coefficient (Wildman–Crippen LogP) is 23.0. The van der Waals surface area contributed by atoms with Crippen LogP contribution >= 0.6 is 15.6 Å². The summed E-state index contributed by atoms with van der Waals surface area (Å²) >= 11 is 0. The summed E-state index contributed by atoms with van der Waals surface area (Å²) in [6, 6.07) is 0. The van der Waals surface area contributed by atoms with Gasteiger partial charge in [0.1, 0.15) is 19.3 Å². The molecule has 0 aromatic heterocycles. The quantitative estimate of drug-likeness (QED) is 0.0222. The summed E-state index contributed by atoms with van der Waals surface area (Å²) in [6.07, 6.45) is 55.6. The summed E-state index contributed by atoms with van der Waals surface area (Å²) in [5, 5.41) is 10.6. The van der Waals surface area contributed by atoms with Crippen LogP contribution < -0.4 is 0 Å². The molecule has 0 heterocycles. The Kier molecular flexibility index (Phi) is 67.1. The zero-order chi connectivity index (χ0) is 71.6. The van der Waals surface area contributed by atoms with Gasteiger partial charge < -0.3 is 33.8 Å². The van der Waals surface area contributed by atoms with Crippen LogP contribution in [0.3, 0.4) is 0 Å². The molecule has 97 heavy (non-hydrogen) atoms. The molecule has 576 valence electrons. The van der Waals surface area contributed by atoms with Crippen molar-refractivity contribution in [2.45, 2.75) is 420 Å². The first-order valence-electron chi connectivity index (χ1n) is 40.3. The van der Waals surface area contributed by atoms with Gasteiger partial charge in [0.15, 0.2) is 12.2 Å². The molecule has 17 nitrogen and oxygen atoms in total. The molecule has 19 heteroatoms. The Morgan fingerprint density at radius 3 is 0.701 bits per heavy atom. The zero-order valence-corrected chi connectivity index (χ0v) is 65.3. The zero-order valence-electron chi connectivity index (χ0n) is 63.5. The summed E-state index contributed by atoms with van der Waals surface area (Å²) < 4.78 is 68.6. The van der Waals surface area contributed by atoms with E-state index >= 15 is 0 Å². The average Bonchev–Trinajstić information content (AvgIpc) is 1.43. The van der Waals surface area contributed by atoms with E-state index in [0.717, 1.165) is 108 Å². The fourth-order valence-corrected chi connectivity index (χ4v) is 13.5. The van der Waals surface area contributed by atoms with Crippen LogP contribution in [0.15, 0.2) is 0 Å². The molecule has 0 amide bonds. The van der Waals surface area contributed by atoms with Crippen LogP contribution in [-0.4, -0.2) is 96.7 Å². The third kappa shape index (κ3) is 72.2. The number of carbonyl (C=O) groups excluding carboxylic acids is 4. The van der Waals surface area contributed by atoms with Gasteiger partial charge in [-0.25, -0.2) is 9.13 Å². The Morgan fingerprint density at radius 1 is 0.278 bits per heavy atom. The van der Waals surface area contributed by atoms with Crippen LogP contribution in [0.2, 0.25) is 0 Å². The molecule has 0 aromatic rings. The number of phosphoric ester groups is 2. The van der Waals surface area contributed by atoms with E-state index in [2.05, 4.69) is 48.5 Å². The molecule has 0 saturated heterocycles. The van der Waals surface area contributed by atoms with E-state index in [-0.39, 0.29) is 25.7 Å². The van der Waals surface area contributed by atoms with E-state index in [0.29, 0.717) is 25.7 Å². The van der Waals surface area contributed by atoms with Crippen LogP contribution in [0.1, 0.15) is 402 Å². The lowest BCUT2D eigenvalue weighted by Crippen LogP contribution is -2.30. The number of aliphatic hydroxyl groups excluding tert-OH is 1. The SMILES string of the molecule is CCCCCCCCCCCCCCCCCCCC(=O)OC[C@H](COP(=O)(O)OC[C@@H](O)COP(=O)(O)OC[C@@H](COC(=O)CCCCCCCCCCC(C)C)OC(=O)CCCCCCCCCCC(C)C)OC(=O)CCCCCCCCCCCCCCCCCC(C)C. The van der Waals surface area contributed by atoms with Gasteiger partial charge in [-0.15, -0.1) is 0 Å². The van der Waals surface area contributed by atoms with Gasteiger partial charge in [-0.05, 0) is 43.4 Å². The molecule has 0 aromatic carbocycles. The molecule has 0 rings (SSSR count). The number of aliphatic hydroxyl groups is 1. The second-order valence-electron chi connectivity index (χ2n) is 29.5.